The molecule has 4 aromatic carbocycles. The molecule has 11 heteroatoms. The minimum absolute atomic E-state index is 0.0179. The molecule has 0 unspecified atom stereocenters. The summed E-state index contributed by atoms with van der Waals surface area (Å²) < 4.78 is 57.2. The highest BCUT2D eigenvalue weighted by Gasteiger charge is 2.20. The van der Waals surface area contributed by atoms with Gasteiger partial charge >= 0.3 is 0 Å². The maximum atomic E-state index is 13.0. The van der Waals surface area contributed by atoms with Crippen molar-refractivity contribution in [2.45, 2.75) is 23.6 Å². The van der Waals surface area contributed by atoms with Crippen LogP contribution in [0.25, 0.3) is 0 Å². The lowest BCUT2D eigenvalue weighted by molar-refractivity contribution is 0.102. The van der Waals surface area contributed by atoms with Gasteiger partial charge in [-0.25, -0.2) is 16.8 Å². The van der Waals surface area contributed by atoms with E-state index in [0.29, 0.717) is 22.6 Å². The van der Waals surface area contributed by atoms with Crippen molar-refractivity contribution >= 4 is 58.9 Å². The van der Waals surface area contributed by atoms with Crippen molar-refractivity contribution in [2.75, 3.05) is 14.8 Å². The van der Waals surface area contributed by atoms with E-state index in [2.05, 4.69) is 30.7 Å². The Kier molecular flexibility index (Phi) is 7.91. The van der Waals surface area contributed by atoms with Crippen LogP contribution in [0, 0.1) is 13.8 Å². The van der Waals surface area contributed by atoms with Gasteiger partial charge in [0.25, 0.3) is 26.0 Å². The number of sulfonamides is 2. The molecule has 0 aliphatic heterocycles. The Morgan fingerprint density at radius 1 is 0.658 bits per heavy atom. The third-order valence-electron chi connectivity index (χ3n) is 5.56. The Morgan fingerprint density at radius 2 is 1.18 bits per heavy atom. The van der Waals surface area contributed by atoms with Crippen LogP contribution in [0.2, 0.25) is 0 Å². The molecule has 0 bridgehead atoms. The summed E-state index contributed by atoms with van der Waals surface area (Å²) in [4.78, 5) is 12.9. The Morgan fingerprint density at radius 3 is 1.79 bits per heavy atom. The quantitative estimate of drug-likeness (QED) is 0.228. The molecule has 4 rings (SSSR count). The van der Waals surface area contributed by atoms with E-state index in [9.17, 15) is 21.6 Å². The molecule has 0 aromatic heterocycles. The number of aryl methyl sites for hydroxylation is 2. The van der Waals surface area contributed by atoms with Crippen molar-refractivity contribution in [1.82, 2.24) is 0 Å². The zero-order valence-corrected chi connectivity index (χ0v) is 23.6. The number of carbonyl (C=O) groups is 1. The second kappa shape index (κ2) is 11.0. The highest BCUT2D eigenvalue weighted by atomic mass is 79.9. The summed E-state index contributed by atoms with van der Waals surface area (Å²) in [6, 6.07) is 23.6. The van der Waals surface area contributed by atoms with Crippen LogP contribution in [0.5, 0.6) is 0 Å². The van der Waals surface area contributed by atoms with Crippen molar-refractivity contribution in [2.24, 2.45) is 0 Å². The second-order valence-electron chi connectivity index (χ2n) is 8.54. The first-order chi connectivity index (χ1) is 17.9. The van der Waals surface area contributed by atoms with Gasteiger partial charge in [-0.05, 0) is 92.2 Å². The van der Waals surface area contributed by atoms with Crippen LogP contribution >= 0.6 is 15.9 Å². The molecule has 38 heavy (non-hydrogen) atoms. The first-order valence-corrected chi connectivity index (χ1v) is 15.1. The maximum Gasteiger partial charge on any atom is 0.262 e. The average molecular weight is 615 g/mol. The normalized spacial score (nSPS) is 11.6. The number of benzene rings is 4. The second-order valence-corrected chi connectivity index (χ2v) is 12.8. The SMILES string of the molecule is Cc1ccc(NS(=O)(=O)c2cc(C(=O)Nc3ccc(S(=O)(=O)Nc4ccc(Br)cc4)cc3)ccc2C)cc1. The minimum Gasteiger partial charge on any atom is -0.322 e. The van der Waals surface area contributed by atoms with Crippen LogP contribution in [0.4, 0.5) is 17.1 Å². The molecule has 0 saturated heterocycles. The van der Waals surface area contributed by atoms with Crippen molar-refractivity contribution in [3.63, 3.8) is 0 Å². The van der Waals surface area contributed by atoms with Gasteiger partial charge < -0.3 is 5.32 Å². The third kappa shape index (κ3) is 6.60. The summed E-state index contributed by atoms with van der Waals surface area (Å²) in [6.45, 7) is 3.55. The summed E-state index contributed by atoms with van der Waals surface area (Å²) in [7, 11) is -7.77. The van der Waals surface area contributed by atoms with Gasteiger partial charge in [0.05, 0.1) is 9.79 Å². The first-order valence-electron chi connectivity index (χ1n) is 11.3. The molecule has 3 N–H and O–H groups in total. The number of rotatable bonds is 8. The van der Waals surface area contributed by atoms with Gasteiger partial charge in [0.1, 0.15) is 0 Å². The summed E-state index contributed by atoms with van der Waals surface area (Å²) >= 11 is 3.30. The molecule has 4 aromatic rings. The van der Waals surface area contributed by atoms with E-state index in [1.165, 1.54) is 36.4 Å². The molecular formula is C27H24BrN3O5S2. The number of hydrogen-bond donors (Lipinski definition) is 3. The van der Waals surface area contributed by atoms with Gasteiger partial charge in [-0.2, -0.15) is 0 Å². The molecule has 0 radical (unpaired) electrons. The molecule has 8 nitrogen and oxygen atoms in total. The number of halogens is 1. The van der Waals surface area contributed by atoms with E-state index in [-0.39, 0.29) is 15.4 Å². The van der Waals surface area contributed by atoms with Crippen LogP contribution in [0.1, 0.15) is 21.5 Å². The lowest BCUT2D eigenvalue weighted by Crippen LogP contribution is -2.17. The molecule has 0 atom stereocenters. The summed E-state index contributed by atoms with van der Waals surface area (Å²) in [5.41, 5.74) is 2.78. The van der Waals surface area contributed by atoms with Crippen molar-refractivity contribution in [3.8, 4) is 0 Å². The molecule has 0 saturated carbocycles. The van der Waals surface area contributed by atoms with Crippen molar-refractivity contribution < 1.29 is 21.6 Å². The van der Waals surface area contributed by atoms with Crippen LogP contribution in [0.15, 0.2) is 105 Å². The lowest BCUT2D eigenvalue weighted by Gasteiger charge is -2.13. The summed E-state index contributed by atoms with van der Waals surface area (Å²) in [5, 5.41) is 2.67. The van der Waals surface area contributed by atoms with Crippen LogP contribution in [0.3, 0.4) is 0 Å². The summed E-state index contributed by atoms with van der Waals surface area (Å²) in [5.74, 6) is -0.541. The van der Waals surface area contributed by atoms with Gasteiger partial charge in [-0.3, -0.25) is 14.2 Å². The minimum atomic E-state index is -3.94. The predicted molar refractivity (Wildman–Crippen MR) is 153 cm³/mol. The highest BCUT2D eigenvalue weighted by molar-refractivity contribution is 9.10. The smallest absolute Gasteiger partial charge is 0.262 e. The monoisotopic (exact) mass is 613 g/mol. The lowest BCUT2D eigenvalue weighted by atomic mass is 10.1. The molecule has 0 aliphatic rings. The van der Waals surface area contributed by atoms with Gasteiger partial charge in [0.2, 0.25) is 0 Å². The third-order valence-corrected chi connectivity index (χ3v) is 9.01. The standard InChI is InChI=1S/C27H24BrN3O5S2/c1-18-3-9-23(10-4-18)31-38(35,36)26-17-20(6-5-19(26)2)27(32)29-22-13-15-25(16-14-22)37(33,34)30-24-11-7-21(28)8-12-24/h3-17,30-31H,1-2H3,(H,29,32). The van der Waals surface area contributed by atoms with Crippen LogP contribution in [-0.2, 0) is 20.0 Å². The fourth-order valence-electron chi connectivity index (χ4n) is 3.52. The Bertz CT molecular complexity index is 1690. The van der Waals surface area contributed by atoms with E-state index in [0.717, 1.165) is 10.0 Å². The number of anilines is 3. The van der Waals surface area contributed by atoms with E-state index < -0.39 is 26.0 Å². The van der Waals surface area contributed by atoms with E-state index in [4.69, 9.17) is 0 Å². The predicted octanol–water partition coefficient (Wildman–Crippen LogP) is 5.92. The van der Waals surface area contributed by atoms with Gasteiger partial charge in [0.15, 0.2) is 0 Å². The zero-order chi connectivity index (χ0) is 27.5. The molecule has 0 aliphatic carbocycles. The molecule has 0 spiro atoms. The van der Waals surface area contributed by atoms with Gasteiger partial charge in [-0.15, -0.1) is 0 Å². The van der Waals surface area contributed by atoms with Crippen molar-refractivity contribution in [1.29, 1.82) is 0 Å². The molecule has 0 fully saturated rings. The fourth-order valence-corrected chi connectivity index (χ4v) is 6.17. The first kappa shape index (κ1) is 27.4. The van der Waals surface area contributed by atoms with Crippen LogP contribution in [-0.4, -0.2) is 22.7 Å². The highest BCUT2D eigenvalue weighted by Crippen LogP contribution is 2.23. The maximum absolute atomic E-state index is 13.0. The van der Waals surface area contributed by atoms with Gasteiger partial charge in [-0.1, -0.05) is 39.7 Å². The van der Waals surface area contributed by atoms with E-state index in [1.54, 1.807) is 61.5 Å². The largest absolute Gasteiger partial charge is 0.322 e. The Hall–Kier alpha value is -3.67. The fraction of sp³-hybridized carbons (Fsp3) is 0.0741. The number of amides is 1. The molecular weight excluding hydrogens is 590 g/mol. The van der Waals surface area contributed by atoms with E-state index >= 15 is 0 Å². The van der Waals surface area contributed by atoms with Crippen LogP contribution < -0.4 is 14.8 Å². The summed E-state index contributed by atoms with van der Waals surface area (Å²) in [6.07, 6.45) is 0. The molecule has 196 valence electrons. The van der Waals surface area contributed by atoms with E-state index in [1.807, 2.05) is 6.92 Å². The topological polar surface area (TPSA) is 121 Å². The van der Waals surface area contributed by atoms with Crippen molar-refractivity contribution in [3.05, 3.63) is 112 Å². The number of nitrogens with one attached hydrogen (secondary N) is 3. The average Bonchev–Trinajstić information content (AvgIpc) is 2.87. The zero-order valence-electron chi connectivity index (χ0n) is 20.4. The Labute approximate surface area is 230 Å². The Balaban J connectivity index is 1.49. The molecule has 1 amide bonds. The number of carbonyl (C=O) groups excluding carboxylic acids is 1. The number of hydrogen-bond acceptors (Lipinski definition) is 5. The molecule has 0 heterocycles. The van der Waals surface area contributed by atoms with Gasteiger partial charge in [0, 0.05) is 27.1 Å².